The lowest BCUT2D eigenvalue weighted by atomic mass is 9.99. The highest BCUT2D eigenvalue weighted by Gasteiger charge is 2.23. The van der Waals surface area contributed by atoms with Crippen molar-refractivity contribution in [2.24, 2.45) is 0 Å². The molecular weight excluding hydrogens is 308 g/mol. The zero-order valence-electron chi connectivity index (χ0n) is 8.17. The first kappa shape index (κ1) is 10.9. The molecule has 1 aromatic carbocycles. The molecule has 0 unspecified atom stereocenters. The SMILES string of the molecule is O=C1c2cc(I)ccc2CCN1CCF. The number of benzene rings is 1. The number of alkyl halides is 1. The van der Waals surface area contributed by atoms with Gasteiger partial charge >= 0.3 is 0 Å². The molecule has 0 radical (unpaired) electrons. The van der Waals surface area contributed by atoms with Gasteiger partial charge in [0.25, 0.3) is 5.91 Å². The summed E-state index contributed by atoms with van der Waals surface area (Å²) < 4.78 is 13.3. The average Bonchev–Trinajstić information content (AvgIpc) is 2.23. The standard InChI is InChI=1S/C11H11FINO/c12-4-6-14-5-3-8-1-2-9(13)7-10(8)11(14)15/h1-2,7H,3-6H2. The molecule has 0 saturated heterocycles. The minimum atomic E-state index is -0.467. The van der Waals surface area contributed by atoms with Crippen LogP contribution in [0, 0.1) is 3.57 Å². The molecule has 1 aromatic rings. The molecule has 1 amide bonds. The molecule has 0 N–H and O–H groups in total. The Morgan fingerprint density at radius 2 is 2.27 bits per heavy atom. The summed E-state index contributed by atoms with van der Waals surface area (Å²) in [4.78, 5) is 13.5. The maximum Gasteiger partial charge on any atom is 0.254 e. The Bertz CT molecular complexity index is 394. The number of hydrogen-bond acceptors (Lipinski definition) is 1. The van der Waals surface area contributed by atoms with Crippen molar-refractivity contribution in [2.45, 2.75) is 6.42 Å². The zero-order valence-corrected chi connectivity index (χ0v) is 10.3. The summed E-state index contributed by atoms with van der Waals surface area (Å²) in [5.41, 5.74) is 1.82. The summed E-state index contributed by atoms with van der Waals surface area (Å²) in [5, 5.41) is 0. The average molecular weight is 319 g/mol. The number of hydrogen-bond donors (Lipinski definition) is 0. The molecule has 0 aliphatic carbocycles. The van der Waals surface area contributed by atoms with E-state index in [1.165, 1.54) is 0 Å². The summed E-state index contributed by atoms with van der Waals surface area (Å²) in [6, 6.07) is 5.86. The first-order valence-corrected chi connectivity index (χ1v) is 5.94. The Kier molecular flexibility index (Phi) is 3.23. The van der Waals surface area contributed by atoms with E-state index in [1.807, 2.05) is 18.2 Å². The van der Waals surface area contributed by atoms with Crippen molar-refractivity contribution in [2.75, 3.05) is 19.8 Å². The Balaban J connectivity index is 2.32. The maximum absolute atomic E-state index is 12.2. The highest BCUT2D eigenvalue weighted by Crippen LogP contribution is 2.21. The first-order chi connectivity index (χ1) is 7.22. The molecule has 0 saturated carbocycles. The molecule has 1 aliphatic heterocycles. The number of fused-ring (bicyclic) bond motifs is 1. The number of nitrogens with zero attached hydrogens (tertiary/aromatic N) is 1. The molecule has 80 valence electrons. The first-order valence-electron chi connectivity index (χ1n) is 4.86. The number of amides is 1. The van der Waals surface area contributed by atoms with Crippen LogP contribution in [0.25, 0.3) is 0 Å². The van der Waals surface area contributed by atoms with Crippen molar-refractivity contribution in [3.8, 4) is 0 Å². The van der Waals surface area contributed by atoms with Gasteiger partial charge in [-0.1, -0.05) is 6.07 Å². The van der Waals surface area contributed by atoms with Crippen LogP contribution in [-0.4, -0.2) is 30.6 Å². The number of rotatable bonds is 2. The van der Waals surface area contributed by atoms with Crippen LogP contribution in [0.15, 0.2) is 18.2 Å². The number of carbonyl (C=O) groups is 1. The molecule has 0 spiro atoms. The Hall–Kier alpha value is -0.650. The fourth-order valence-electron chi connectivity index (χ4n) is 1.81. The van der Waals surface area contributed by atoms with Crippen LogP contribution in [-0.2, 0) is 6.42 Å². The van der Waals surface area contributed by atoms with E-state index in [1.54, 1.807) is 4.90 Å². The molecule has 1 heterocycles. The Morgan fingerprint density at radius 1 is 1.47 bits per heavy atom. The summed E-state index contributed by atoms with van der Waals surface area (Å²) in [5.74, 6) is -0.0348. The molecule has 0 bridgehead atoms. The predicted molar refractivity (Wildman–Crippen MR) is 64.7 cm³/mol. The smallest absolute Gasteiger partial charge is 0.254 e. The van der Waals surface area contributed by atoms with E-state index in [0.717, 1.165) is 21.1 Å². The lowest BCUT2D eigenvalue weighted by Crippen LogP contribution is -2.38. The van der Waals surface area contributed by atoms with Crippen molar-refractivity contribution in [1.82, 2.24) is 4.90 Å². The van der Waals surface area contributed by atoms with Gasteiger partial charge in [-0.25, -0.2) is 4.39 Å². The molecule has 2 rings (SSSR count). The third-order valence-corrected chi connectivity index (χ3v) is 3.27. The number of carbonyl (C=O) groups excluding carboxylic acids is 1. The highest BCUT2D eigenvalue weighted by molar-refractivity contribution is 14.1. The molecule has 0 fully saturated rings. The molecule has 15 heavy (non-hydrogen) atoms. The third-order valence-electron chi connectivity index (χ3n) is 2.60. The minimum Gasteiger partial charge on any atom is -0.336 e. The quantitative estimate of drug-likeness (QED) is 0.766. The van der Waals surface area contributed by atoms with E-state index in [9.17, 15) is 9.18 Å². The van der Waals surface area contributed by atoms with Gasteiger partial charge in [-0.15, -0.1) is 0 Å². The second kappa shape index (κ2) is 4.47. The zero-order chi connectivity index (χ0) is 10.8. The van der Waals surface area contributed by atoms with Crippen LogP contribution >= 0.6 is 22.6 Å². The maximum atomic E-state index is 12.2. The van der Waals surface area contributed by atoms with Gasteiger partial charge in [-0.05, 0) is 46.7 Å². The van der Waals surface area contributed by atoms with Crippen molar-refractivity contribution >= 4 is 28.5 Å². The van der Waals surface area contributed by atoms with Gasteiger partial charge in [0.05, 0.1) is 0 Å². The summed E-state index contributed by atoms with van der Waals surface area (Å²) >= 11 is 2.18. The molecule has 2 nitrogen and oxygen atoms in total. The largest absolute Gasteiger partial charge is 0.336 e. The molecule has 0 atom stereocenters. The lowest BCUT2D eigenvalue weighted by molar-refractivity contribution is 0.0728. The fourth-order valence-corrected chi connectivity index (χ4v) is 2.30. The van der Waals surface area contributed by atoms with Crippen LogP contribution in [0.2, 0.25) is 0 Å². The lowest BCUT2D eigenvalue weighted by Gasteiger charge is -2.27. The van der Waals surface area contributed by atoms with Crippen molar-refractivity contribution in [3.63, 3.8) is 0 Å². The van der Waals surface area contributed by atoms with Gasteiger partial charge < -0.3 is 4.90 Å². The van der Waals surface area contributed by atoms with Crippen molar-refractivity contribution in [3.05, 3.63) is 32.9 Å². The summed E-state index contributed by atoms with van der Waals surface area (Å²) in [6.07, 6.45) is 0.831. The highest BCUT2D eigenvalue weighted by atomic mass is 127. The monoisotopic (exact) mass is 319 g/mol. The topological polar surface area (TPSA) is 20.3 Å². The van der Waals surface area contributed by atoms with Crippen molar-refractivity contribution < 1.29 is 9.18 Å². The number of halogens is 2. The van der Waals surface area contributed by atoms with Crippen LogP contribution in [0.1, 0.15) is 15.9 Å². The third kappa shape index (κ3) is 2.14. The van der Waals surface area contributed by atoms with E-state index in [2.05, 4.69) is 22.6 Å². The van der Waals surface area contributed by atoms with Crippen LogP contribution in [0.5, 0.6) is 0 Å². The predicted octanol–water partition coefficient (Wildman–Crippen LogP) is 2.26. The molecule has 0 aromatic heterocycles. The normalized spacial score (nSPS) is 15.3. The summed E-state index contributed by atoms with van der Waals surface area (Å²) in [7, 11) is 0. The second-order valence-corrected chi connectivity index (χ2v) is 4.78. The van der Waals surface area contributed by atoms with Crippen molar-refractivity contribution in [1.29, 1.82) is 0 Å². The van der Waals surface area contributed by atoms with E-state index in [-0.39, 0.29) is 12.5 Å². The van der Waals surface area contributed by atoms with Gasteiger partial charge in [0.2, 0.25) is 0 Å². The van der Waals surface area contributed by atoms with E-state index < -0.39 is 6.67 Å². The Labute approximate surface area is 102 Å². The Morgan fingerprint density at radius 3 is 3.00 bits per heavy atom. The van der Waals surface area contributed by atoms with E-state index >= 15 is 0 Å². The van der Waals surface area contributed by atoms with Crippen LogP contribution in [0.4, 0.5) is 4.39 Å². The van der Waals surface area contributed by atoms with Crippen LogP contribution < -0.4 is 0 Å². The van der Waals surface area contributed by atoms with Crippen LogP contribution in [0.3, 0.4) is 0 Å². The molecular formula is C11H11FINO. The molecule has 4 heteroatoms. The molecule has 1 aliphatic rings. The fraction of sp³-hybridized carbons (Fsp3) is 0.364. The van der Waals surface area contributed by atoms with Gasteiger partial charge in [-0.3, -0.25) is 4.79 Å². The second-order valence-electron chi connectivity index (χ2n) is 3.53. The van der Waals surface area contributed by atoms with E-state index in [4.69, 9.17) is 0 Å². The van der Waals surface area contributed by atoms with Gasteiger partial charge in [-0.2, -0.15) is 0 Å². The van der Waals surface area contributed by atoms with Gasteiger partial charge in [0.15, 0.2) is 0 Å². The minimum absolute atomic E-state index is 0.0348. The van der Waals surface area contributed by atoms with Gasteiger partial charge in [0, 0.05) is 22.2 Å². The summed E-state index contributed by atoms with van der Waals surface area (Å²) in [6.45, 7) is 0.380. The van der Waals surface area contributed by atoms with Gasteiger partial charge in [0.1, 0.15) is 6.67 Å². The van der Waals surface area contributed by atoms with E-state index in [0.29, 0.717) is 6.54 Å².